The number of nitrogens with zero attached hydrogens (tertiary/aromatic N) is 3. The number of rotatable bonds is 10. The van der Waals surface area contributed by atoms with E-state index in [1.807, 2.05) is 11.4 Å². The van der Waals surface area contributed by atoms with Crippen molar-refractivity contribution in [3.63, 3.8) is 0 Å². The molecule has 2 aliphatic heterocycles. The van der Waals surface area contributed by atoms with E-state index in [4.69, 9.17) is 4.74 Å². The molecule has 0 bridgehead atoms. The number of halogens is 3. The summed E-state index contributed by atoms with van der Waals surface area (Å²) in [5, 5.41) is 12.3. The highest BCUT2D eigenvalue weighted by Crippen LogP contribution is 2.51. The molecule has 3 heterocycles. The van der Waals surface area contributed by atoms with Gasteiger partial charge in [0, 0.05) is 12.8 Å². The standard InChI is InChI=1S/C27H30F3N5O5/c1-13-23(34-40-33-13)25(37)32-24(22(15-3-4-15)16-5-6-16)19(36)9-14-2-7-20-17(8-14)10-18(39-20)11-35-12-21(27(28,29)30)31-26(35)38/h2,7-8,15-16,18,21-22,24H,3-6,9-12H2,1H3,(H,31,38)(H,32,37)/t18?,21-,24+/m0/s1. The molecule has 4 aliphatic rings. The molecule has 2 aliphatic carbocycles. The molecule has 10 nitrogen and oxygen atoms in total. The first-order chi connectivity index (χ1) is 19.1. The molecule has 2 saturated carbocycles. The third kappa shape index (κ3) is 5.50. The van der Waals surface area contributed by atoms with Gasteiger partial charge in [0.2, 0.25) is 0 Å². The van der Waals surface area contributed by atoms with Crippen molar-refractivity contribution in [1.29, 1.82) is 0 Å². The first kappa shape index (κ1) is 26.6. The van der Waals surface area contributed by atoms with Crippen molar-refractivity contribution in [3.05, 3.63) is 40.7 Å². The predicted octanol–water partition coefficient (Wildman–Crippen LogP) is 2.98. The minimum absolute atomic E-state index is 0.0240. The van der Waals surface area contributed by atoms with Crippen LogP contribution in [0.4, 0.5) is 18.0 Å². The van der Waals surface area contributed by atoms with Gasteiger partial charge in [0.05, 0.1) is 19.1 Å². The maximum atomic E-state index is 13.7. The molecule has 3 amide bonds. The van der Waals surface area contributed by atoms with Crippen LogP contribution >= 0.6 is 0 Å². The molecular weight excluding hydrogens is 531 g/mol. The van der Waals surface area contributed by atoms with Gasteiger partial charge in [0.25, 0.3) is 5.91 Å². The smallest absolute Gasteiger partial charge is 0.410 e. The quantitative estimate of drug-likeness (QED) is 0.457. The van der Waals surface area contributed by atoms with Gasteiger partial charge in [0.1, 0.15) is 23.6 Å². The van der Waals surface area contributed by atoms with Crippen LogP contribution in [-0.2, 0) is 17.6 Å². The average molecular weight is 562 g/mol. The summed E-state index contributed by atoms with van der Waals surface area (Å²) < 4.78 is 49.6. The SMILES string of the molecule is Cc1nonc1C(=O)N[C@H](C(=O)Cc1ccc2c(c1)CC(CN1C[C@@H](C(F)(F)F)NC1=O)O2)C(C1CC1)C1CC1. The number of nitrogens with one attached hydrogen (secondary N) is 2. The predicted molar refractivity (Wildman–Crippen MR) is 132 cm³/mol. The Bertz CT molecular complexity index is 1310. The van der Waals surface area contributed by atoms with Gasteiger partial charge in [-0.25, -0.2) is 9.42 Å². The first-order valence-corrected chi connectivity index (χ1v) is 13.6. The van der Waals surface area contributed by atoms with Gasteiger partial charge in [-0.05, 0) is 72.7 Å². The van der Waals surface area contributed by atoms with Crippen molar-refractivity contribution in [2.75, 3.05) is 13.1 Å². The summed E-state index contributed by atoms with van der Waals surface area (Å²) in [6.07, 6.45) is -0.308. The number of hydrogen-bond donors (Lipinski definition) is 2. The number of alkyl halides is 3. The summed E-state index contributed by atoms with van der Waals surface area (Å²) in [5.74, 6) is 0.909. The van der Waals surface area contributed by atoms with Crippen molar-refractivity contribution in [2.24, 2.45) is 17.8 Å². The summed E-state index contributed by atoms with van der Waals surface area (Å²) in [6, 6.07) is 2.08. The second kappa shape index (κ2) is 10.1. The second-order valence-electron chi connectivity index (χ2n) is 11.4. The van der Waals surface area contributed by atoms with E-state index in [9.17, 15) is 27.6 Å². The molecule has 1 saturated heterocycles. The van der Waals surface area contributed by atoms with Gasteiger partial charge in [-0.2, -0.15) is 13.2 Å². The van der Waals surface area contributed by atoms with E-state index in [1.54, 1.807) is 19.1 Å². The molecule has 40 heavy (non-hydrogen) atoms. The summed E-state index contributed by atoms with van der Waals surface area (Å²) in [4.78, 5) is 39.8. The van der Waals surface area contributed by atoms with Crippen LogP contribution in [0.15, 0.2) is 22.8 Å². The zero-order valence-electron chi connectivity index (χ0n) is 21.9. The number of aryl methyl sites for hydroxylation is 1. The number of ether oxygens (including phenoxy) is 1. The summed E-state index contributed by atoms with van der Waals surface area (Å²) in [6.45, 7) is 1.18. The van der Waals surface area contributed by atoms with Crippen LogP contribution in [0.25, 0.3) is 0 Å². The van der Waals surface area contributed by atoms with Crippen molar-refractivity contribution in [1.82, 2.24) is 25.8 Å². The molecule has 1 aromatic heterocycles. The number of fused-ring (bicyclic) bond motifs is 1. The Morgan fingerprint density at radius 2 is 1.90 bits per heavy atom. The highest BCUT2D eigenvalue weighted by Gasteiger charge is 2.49. The van der Waals surface area contributed by atoms with E-state index in [2.05, 4.69) is 20.3 Å². The van der Waals surface area contributed by atoms with Crippen LogP contribution in [0, 0.1) is 24.7 Å². The number of aromatic nitrogens is 2. The van der Waals surface area contributed by atoms with Gasteiger partial charge >= 0.3 is 12.2 Å². The maximum absolute atomic E-state index is 13.7. The molecule has 6 rings (SSSR count). The van der Waals surface area contributed by atoms with Gasteiger partial charge in [-0.1, -0.05) is 17.3 Å². The number of hydrogen-bond acceptors (Lipinski definition) is 7. The average Bonchev–Trinajstić information content (AvgIpc) is 3.79. The monoisotopic (exact) mass is 561 g/mol. The van der Waals surface area contributed by atoms with Gasteiger partial charge in [-0.15, -0.1) is 0 Å². The van der Waals surface area contributed by atoms with Crippen LogP contribution in [0.1, 0.15) is 53.0 Å². The lowest BCUT2D eigenvalue weighted by Crippen LogP contribution is -2.48. The fourth-order valence-corrected chi connectivity index (χ4v) is 6.00. The fraction of sp³-hybridized carbons (Fsp3) is 0.593. The van der Waals surface area contributed by atoms with Gasteiger partial charge in [0.15, 0.2) is 11.5 Å². The van der Waals surface area contributed by atoms with Crippen molar-refractivity contribution in [3.8, 4) is 5.75 Å². The van der Waals surface area contributed by atoms with Crippen LogP contribution in [0.3, 0.4) is 0 Å². The number of amides is 3. The van der Waals surface area contributed by atoms with Crippen molar-refractivity contribution in [2.45, 2.75) is 69.8 Å². The lowest BCUT2D eigenvalue weighted by Gasteiger charge is -2.27. The van der Waals surface area contributed by atoms with Crippen molar-refractivity contribution >= 4 is 17.7 Å². The number of urea groups is 1. The molecule has 214 valence electrons. The third-order valence-corrected chi connectivity index (χ3v) is 8.27. The highest BCUT2D eigenvalue weighted by atomic mass is 19.4. The molecule has 0 radical (unpaired) electrons. The summed E-state index contributed by atoms with van der Waals surface area (Å²) in [5.41, 5.74) is 2.00. The van der Waals surface area contributed by atoms with Crippen LogP contribution in [-0.4, -0.2) is 70.4 Å². The number of ketones is 1. The van der Waals surface area contributed by atoms with E-state index < -0.39 is 42.8 Å². The number of Topliss-reactive ketones (excluding diaryl/α,β-unsaturated/α-hetero) is 1. The molecule has 2 N–H and O–H groups in total. The Kier molecular flexibility index (Phi) is 6.70. The Morgan fingerprint density at radius 3 is 2.50 bits per heavy atom. The molecule has 2 aromatic rings. The van der Waals surface area contributed by atoms with Crippen LogP contribution in [0.2, 0.25) is 0 Å². The molecular formula is C27H30F3N5O5. The number of benzene rings is 1. The molecule has 0 spiro atoms. The van der Waals surface area contributed by atoms with E-state index >= 15 is 0 Å². The Labute approximate surface area is 227 Å². The second-order valence-corrected chi connectivity index (χ2v) is 11.4. The minimum Gasteiger partial charge on any atom is -0.488 e. The highest BCUT2D eigenvalue weighted by molar-refractivity contribution is 5.97. The normalized spacial score (nSPS) is 23.1. The van der Waals surface area contributed by atoms with Gasteiger partial charge < -0.3 is 20.3 Å². The molecule has 1 aromatic carbocycles. The van der Waals surface area contributed by atoms with E-state index in [1.165, 1.54) is 0 Å². The third-order valence-electron chi connectivity index (χ3n) is 8.27. The fourth-order valence-electron chi connectivity index (χ4n) is 6.00. The first-order valence-electron chi connectivity index (χ1n) is 13.6. The van der Waals surface area contributed by atoms with E-state index in [0.717, 1.165) is 41.7 Å². The zero-order valence-corrected chi connectivity index (χ0v) is 21.9. The van der Waals surface area contributed by atoms with Crippen LogP contribution in [0.5, 0.6) is 5.75 Å². The number of carbonyl (C=O) groups is 3. The molecule has 3 fully saturated rings. The number of carbonyl (C=O) groups excluding carboxylic acids is 3. The van der Waals surface area contributed by atoms with E-state index in [-0.39, 0.29) is 30.4 Å². The Balaban J connectivity index is 1.12. The summed E-state index contributed by atoms with van der Waals surface area (Å²) in [7, 11) is 0. The zero-order chi connectivity index (χ0) is 28.2. The largest absolute Gasteiger partial charge is 0.488 e. The lowest BCUT2D eigenvalue weighted by atomic mass is 9.84. The molecule has 3 atom stereocenters. The maximum Gasteiger partial charge on any atom is 0.410 e. The Hall–Kier alpha value is -3.64. The topological polar surface area (TPSA) is 127 Å². The van der Waals surface area contributed by atoms with Crippen molar-refractivity contribution < 1.29 is 36.9 Å². The molecule has 1 unspecified atom stereocenters. The van der Waals surface area contributed by atoms with Gasteiger partial charge in [-0.3, -0.25) is 9.59 Å². The van der Waals surface area contributed by atoms with Crippen LogP contribution < -0.4 is 15.4 Å². The van der Waals surface area contributed by atoms with E-state index in [0.29, 0.717) is 29.7 Å². The minimum atomic E-state index is -4.51. The Morgan fingerprint density at radius 1 is 1.18 bits per heavy atom. The lowest BCUT2D eigenvalue weighted by molar-refractivity contribution is -0.150. The molecule has 13 heteroatoms. The summed E-state index contributed by atoms with van der Waals surface area (Å²) >= 11 is 0.